The highest BCUT2D eigenvalue weighted by atomic mass is 32.1. The fourth-order valence-corrected chi connectivity index (χ4v) is 4.36. The van der Waals surface area contributed by atoms with Gasteiger partial charge in [0.1, 0.15) is 0 Å². The van der Waals surface area contributed by atoms with Gasteiger partial charge in [0.25, 0.3) is 0 Å². The van der Waals surface area contributed by atoms with E-state index in [9.17, 15) is 9.59 Å². The van der Waals surface area contributed by atoms with E-state index in [-0.39, 0.29) is 30.4 Å². The van der Waals surface area contributed by atoms with Gasteiger partial charge in [-0.25, -0.2) is 4.98 Å². The summed E-state index contributed by atoms with van der Waals surface area (Å²) in [6, 6.07) is 5.67. The number of carbonyl (C=O) groups excluding carboxylic acids is 2. The standard InChI is InChI=1S/C21H26N4O4S/c1-15-23-18(14-30-15)8-24-9-19(29-13-17-4-2-3-6-22-17)10-25(11-20(24)26)21(27)16-5-7-28-12-16/h2-4,6,14,16,19H,5,7-13H2,1H3/t16-,19-/m0/s1. The Bertz CT molecular complexity index is 869. The van der Waals surface area contributed by atoms with Crippen LogP contribution in [-0.4, -0.2) is 70.5 Å². The average molecular weight is 431 g/mol. The minimum atomic E-state index is -0.301. The van der Waals surface area contributed by atoms with E-state index in [0.29, 0.717) is 45.9 Å². The summed E-state index contributed by atoms with van der Waals surface area (Å²) in [6.07, 6.45) is 2.12. The third kappa shape index (κ3) is 5.21. The highest BCUT2D eigenvalue weighted by molar-refractivity contribution is 7.09. The fraction of sp³-hybridized carbons (Fsp3) is 0.524. The Morgan fingerprint density at radius 1 is 1.33 bits per heavy atom. The third-order valence-corrected chi connectivity index (χ3v) is 6.15. The lowest BCUT2D eigenvalue weighted by Crippen LogP contribution is -2.43. The van der Waals surface area contributed by atoms with Crippen molar-refractivity contribution in [3.05, 3.63) is 46.2 Å². The Morgan fingerprint density at radius 2 is 2.23 bits per heavy atom. The average Bonchev–Trinajstić information content (AvgIpc) is 3.40. The minimum absolute atomic E-state index is 0.0290. The summed E-state index contributed by atoms with van der Waals surface area (Å²) in [5, 5.41) is 2.93. The Labute approximate surface area is 179 Å². The second-order valence-electron chi connectivity index (χ2n) is 7.67. The van der Waals surface area contributed by atoms with Crippen molar-refractivity contribution in [1.82, 2.24) is 19.8 Å². The van der Waals surface area contributed by atoms with Gasteiger partial charge in [0.15, 0.2) is 0 Å². The van der Waals surface area contributed by atoms with Crippen molar-refractivity contribution in [3.8, 4) is 0 Å². The van der Waals surface area contributed by atoms with Crippen molar-refractivity contribution in [2.24, 2.45) is 5.92 Å². The topological polar surface area (TPSA) is 84.9 Å². The highest BCUT2D eigenvalue weighted by Crippen LogP contribution is 2.20. The van der Waals surface area contributed by atoms with Crippen molar-refractivity contribution < 1.29 is 19.1 Å². The monoisotopic (exact) mass is 430 g/mol. The molecule has 2 fully saturated rings. The molecule has 0 bridgehead atoms. The number of hydrogen-bond donors (Lipinski definition) is 0. The molecule has 0 aromatic carbocycles. The summed E-state index contributed by atoms with van der Waals surface area (Å²) in [5.41, 5.74) is 1.68. The quantitative estimate of drug-likeness (QED) is 0.693. The van der Waals surface area contributed by atoms with Crippen LogP contribution in [0.2, 0.25) is 0 Å². The highest BCUT2D eigenvalue weighted by Gasteiger charge is 2.35. The van der Waals surface area contributed by atoms with E-state index in [1.165, 1.54) is 0 Å². The van der Waals surface area contributed by atoms with E-state index >= 15 is 0 Å². The molecule has 0 aliphatic carbocycles. The number of hydrogen-bond acceptors (Lipinski definition) is 7. The molecule has 2 saturated heterocycles. The summed E-state index contributed by atoms with van der Waals surface area (Å²) in [4.78, 5) is 38.1. The van der Waals surface area contributed by atoms with Gasteiger partial charge >= 0.3 is 0 Å². The lowest BCUT2D eigenvalue weighted by molar-refractivity contribution is -0.141. The first-order valence-electron chi connectivity index (χ1n) is 10.2. The molecule has 0 N–H and O–H groups in total. The lowest BCUT2D eigenvalue weighted by atomic mass is 10.1. The maximum atomic E-state index is 13.0. The predicted molar refractivity (Wildman–Crippen MR) is 111 cm³/mol. The molecule has 0 saturated carbocycles. The van der Waals surface area contributed by atoms with Gasteiger partial charge in [0.2, 0.25) is 11.8 Å². The molecule has 2 amide bonds. The Morgan fingerprint density at radius 3 is 2.93 bits per heavy atom. The van der Waals surface area contributed by atoms with E-state index < -0.39 is 0 Å². The molecule has 0 radical (unpaired) electrons. The molecule has 160 valence electrons. The maximum Gasteiger partial charge on any atom is 0.242 e. The first-order valence-corrected chi connectivity index (χ1v) is 11.0. The summed E-state index contributed by atoms with van der Waals surface area (Å²) in [7, 11) is 0. The first-order chi connectivity index (χ1) is 14.6. The van der Waals surface area contributed by atoms with Crippen molar-refractivity contribution in [1.29, 1.82) is 0 Å². The molecular weight excluding hydrogens is 404 g/mol. The summed E-state index contributed by atoms with van der Waals surface area (Å²) >= 11 is 1.56. The van der Waals surface area contributed by atoms with Gasteiger partial charge in [0.05, 0.1) is 54.7 Å². The van der Waals surface area contributed by atoms with Crippen LogP contribution in [0, 0.1) is 12.8 Å². The van der Waals surface area contributed by atoms with Crippen LogP contribution in [0.3, 0.4) is 0 Å². The molecule has 2 aliphatic heterocycles. The lowest BCUT2D eigenvalue weighted by Gasteiger charge is -2.25. The molecule has 2 aromatic rings. The van der Waals surface area contributed by atoms with Gasteiger partial charge in [0, 0.05) is 31.3 Å². The van der Waals surface area contributed by atoms with Crippen LogP contribution in [0.4, 0.5) is 0 Å². The van der Waals surface area contributed by atoms with Gasteiger partial charge in [-0.15, -0.1) is 11.3 Å². The van der Waals surface area contributed by atoms with Crippen LogP contribution in [0.1, 0.15) is 22.8 Å². The molecule has 2 atom stereocenters. The fourth-order valence-electron chi connectivity index (χ4n) is 3.76. The van der Waals surface area contributed by atoms with E-state index in [2.05, 4.69) is 9.97 Å². The van der Waals surface area contributed by atoms with Crippen molar-refractivity contribution >= 4 is 23.2 Å². The van der Waals surface area contributed by atoms with E-state index in [4.69, 9.17) is 9.47 Å². The molecule has 4 heterocycles. The second-order valence-corrected chi connectivity index (χ2v) is 8.73. The minimum Gasteiger partial charge on any atom is -0.381 e. The zero-order chi connectivity index (χ0) is 20.9. The van der Waals surface area contributed by atoms with E-state index in [1.807, 2.05) is 30.5 Å². The maximum absolute atomic E-state index is 13.0. The number of carbonyl (C=O) groups is 2. The molecule has 9 heteroatoms. The second kappa shape index (κ2) is 9.63. The van der Waals surface area contributed by atoms with E-state index in [1.54, 1.807) is 27.3 Å². The van der Waals surface area contributed by atoms with E-state index in [0.717, 1.165) is 16.4 Å². The normalized spacial score (nSPS) is 22.4. The zero-order valence-electron chi connectivity index (χ0n) is 17.0. The van der Waals surface area contributed by atoms with Crippen LogP contribution >= 0.6 is 11.3 Å². The summed E-state index contributed by atoms with van der Waals surface area (Å²) < 4.78 is 11.5. The van der Waals surface area contributed by atoms with Crippen LogP contribution in [0.25, 0.3) is 0 Å². The van der Waals surface area contributed by atoms with Gasteiger partial charge < -0.3 is 19.3 Å². The van der Waals surface area contributed by atoms with Crippen molar-refractivity contribution in [2.75, 3.05) is 32.8 Å². The van der Waals surface area contributed by atoms with Gasteiger partial charge in [-0.1, -0.05) is 6.07 Å². The molecular formula is C21H26N4O4S. The molecule has 30 heavy (non-hydrogen) atoms. The predicted octanol–water partition coefficient (Wildman–Crippen LogP) is 1.64. The van der Waals surface area contributed by atoms with Crippen molar-refractivity contribution in [2.45, 2.75) is 32.6 Å². The van der Waals surface area contributed by atoms with Crippen LogP contribution in [-0.2, 0) is 32.2 Å². The molecule has 0 unspecified atom stereocenters. The Balaban J connectivity index is 1.48. The largest absolute Gasteiger partial charge is 0.381 e. The third-order valence-electron chi connectivity index (χ3n) is 5.33. The number of amides is 2. The number of thiazole rings is 1. The van der Waals surface area contributed by atoms with Crippen LogP contribution in [0.15, 0.2) is 29.8 Å². The summed E-state index contributed by atoms with van der Waals surface area (Å²) in [5.74, 6) is -0.294. The van der Waals surface area contributed by atoms with Crippen LogP contribution < -0.4 is 0 Å². The first kappa shape index (κ1) is 20.9. The number of aromatic nitrogens is 2. The molecule has 2 aromatic heterocycles. The number of ether oxygens (including phenoxy) is 2. The molecule has 2 aliphatic rings. The van der Waals surface area contributed by atoms with Gasteiger partial charge in [-0.2, -0.15) is 0 Å². The van der Waals surface area contributed by atoms with Crippen LogP contribution in [0.5, 0.6) is 0 Å². The number of pyridine rings is 1. The SMILES string of the molecule is Cc1nc(CN2C[C@H](OCc3ccccn3)CN(C(=O)[C@H]3CCOC3)CC2=O)cs1. The number of rotatable bonds is 6. The zero-order valence-corrected chi connectivity index (χ0v) is 17.8. The molecule has 0 spiro atoms. The van der Waals surface area contributed by atoms with Gasteiger partial charge in [-0.3, -0.25) is 14.6 Å². The smallest absolute Gasteiger partial charge is 0.242 e. The molecule has 8 nitrogen and oxygen atoms in total. The molecule has 4 rings (SSSR count). The Hall–Kier alpha value is -2.36. The number of nitrogens with zero attached hydrogens (tertiary/aromatic N) is 4. The van der Waals surface area contributed by atoms with Gasteiger partial charge in [-0.05, 0) is 25.5 Å². The number of aryl methyl sites for hydroxylation is 1. The Kier molecular flexibility index (Phi) is 6.71. The summed E-state index contributed by atoms with van der Waals surface area (Å²) in [6.45, 7) is 4.55. The van der Waals surface area contributed by atoms with Crippen molar-refractivity contribution in [3.63, 3.8) is 0 Å².